The molecule has 1 fully saturated rings. The zero-order valence-corrected chi connectivity index (χ0v) is 23.6. The number of piperidine rings is 1. The molecule has 1 saturated heterocycles. The van der Waals surface area contributed by atoms with E-state index in [1.165, 1.54) is 59.5 Å². The molecule has 5 nitrogen and oxygen atoms in total. The number of carbonyl (C=O) groups is 1. The summed E-state index contributed by atoms with van der Waals surface area (Å²) in [5.74, 6) is -0.502. The van der Waals surface area contributed by atoms with Gasteiger partial charge in [-0.3, -0.25) is 4.90 Å². The molecule has 5 rings (SSSR count). The SMILES string of the molecule is CSc1ccc(C2CN(C)Cc3cc(Oc4cccc(CN5CCCCC5)c4)ccc32)cc1.O=C(O)C(F)(F)F. The number of rotatable bonds is 6. The summed E-state index contributed by atoms with van der Waals surface area (Å²) in [5.41, 5.74) is 5.52. The van der Waals surface area contributed by atoms with Gasteiger partial charge in [-0.15, -0.1) is 11.8 Å². The van der Waals surface area contributed by atoms with Crippen molar-refractivity contribution in [2.24, 2.45) is 0 Å². The molecule has 3 aromatic carbocycles. The molecule has 1 unspecified atom stereocenters. The van der Waals surface area contributed by atoms with Crippen LogP contribution in [0.3, 0.4) is 0 Å². The Balaban J connectivity index is 0.000000470. The Morgan fingerprint density at radius 2 is 1.68 bits per heavy atom. The first-order chi connectivity index (χ1) is 19.1. The van der Waals surface area contributed by atoms with Crippen LogP contribution in [0, 0.1) is 0 Å². The quantitative estimate of drug-likeness (QED) is 0.311. The molecule has 0 aliphatic carbocycles. The molecular formula is C31H35F3N2O3S. The Morgan fingerprint density at radius 3 is 2.33 bits per heavy atom. The number of likely N-dealkylation sites (tertiary alicyclic amines) is 1. The first-order valence-electron chi connectivity index (χ1n) is 13.4. The van der Waals surface area contributed by atoms with E-state index in [0.717, 1.165) is 31.1 Å². The van der Waals surface area contributed by atoms with Crippen LogP contribution in [0.2, 0.25) is 0 Å². The predicted molar refractivity (Wildman–Crippen MR) is 152 cm³/mol. The van der Waals surface area contributed by atoms with Crippen molar-refractivity contribution in [1.82, 2.24) is 9.80 Å². The second-order valence-corrected chi connectivity index (χ2v) is 11.2. The maximum absolute atomic E-state index is 10.6. The minimum Gasteiger partial charge on any atom is -0.475 e. The third-order valence-electron chi connectivity index (χ3n) is 7.17. The summed E-state index contributed by atoms with van der Waals surface area (Å²) < 4.78 is 38.1. The number of carboxylic acid groups (broad SMARTS) is 1. The number of thioether (sulfide) groups is 1. The molecule has 1 N–H and O–H groups in total. The van der Waals surface area contributed by atoms with Crippen LogP contribution in [0.4, 0.5) is 13.2 Å². The number of halogens is 3. The van der Waals surface area contributed by atoms with Crippen molar-refractivity contribution in [3.63, 3.8) is 0 Å². The lowest BCUT2D eigenvalue weighted by molar-refractivity contribution is -0.192. The molecule has 2 aliphatic rings. The smallest absolute Gasteiger partial charge is 0.475 e. The maximum atomic E-state index is 10.6. The monoisotopic (exact) mass is 572 g/mol. The molecule has 0 saturated carbocycles. The number of nitrogens with zero attached hydrogens (tertiary/aromatic N) is 2. The number of ether oxygens (including phenoxy) is 1. The third-order valence-corrected chi connectivity index (χ3v) is 7.92. The van der Waals surface area contributed by atoms with Gasteiger partial charge in [0.1, 0.15) is 11.5 Å². The third kappa shape index (κ3) is 8.25. The minimum absolute atomic E-state index is 0.400. The number of hydrogen-bond acceptors (Lipinski definition) is 5. The molecule has 0 bridgehead atoms. The van der Waals surface area contributed by atoms with Crippen molar-refractivity contribution < 1.29 is 27.8 Å². The van der Waals surface area contributed by atoms with Crippen molar-refractivity contribution in [1.29, 1.82) is 0 Å². The average Bonchev–Trinajstić information content (AvgIpc) is 2.93. The van der Waals surface area contributed by atoms with Crippen molar-refractivity contribution >= 4 is 17.7 Å². The average molecular weight is 573 g/mol. The highest BCUT2D eigenvalue weighted by Crippen LogP contribution is 2.36. The summed E-state index contributed by atoms with van der Waals surface area (Å²) in [7, 11) is 2.21. The molecule has 0 spiro atoms. The minimum atomic E-state index is -5.08. The molecule has 0 amide bonds. The zero-order valence-electron chi connectivity index (χ0n) is 22.8. The number of hydrogen-bond donors (Lipinski definition) is 1. The van der Waals surface area contributed by atoms with Gasteiger partial charge in [0.05, 0.1) is 0 Å². The van der Waals surface area contributed by atoms with Crippen LogP contribution >= 0.6 is 11.8 Å². The molecule has 9 heteroatoms. The first-order valence-corrected chi connectivity index (χ1v) is 14.6. The largest absolute Gasteiger partial charge is 0.490 e. The summed E-state index contributed by atoms with van der Waals surface area (Å²) in [6, 6.07) is 24.3. The van der Waals surface area contributed by atoms with E-state index in [9.17, 15) is 13.2 Å². The fourth-order valence-electron chi connectivity index (χ4n) is 5.23. The fraction of sp³-hybridized carbons (Fsp3) is 0.387. The first kappa shape index (κ1) is 30.0. The van der Waals surface area contributed by atoms with E-state index in [1.807, 2.05) is 0 Å². The number of aliphatic carboxylic acids is 1. The predicted octanol–water partition coefficient (Wildman–Crippen LogP) is 7.40. The van der Waals surface area contributed by atoms with Gasteiger partial charge < -0.3 is 14.7 Å². The molecule has 0 radical (unpaired) electrons. The van der Waals surface area contributed by atoms with E-state index >= 15 is 0 Å². The Kier molecular flexibility index (Phi) is 10.2. The van der Waals surface area contributed by atoms with E-state index in [-0.39, 0.29) is 0 Å². The molecule has 40 heavy (non-hydrogen) atoms. The van der Waals surface area contributed by atoms with Crippen LogP contribution in [-0.4, -0.2) is 60.0 Å². The number of carboxylic acids is 1. The Hall–Kier alpha value is -3.01. The van der Waals surface area contributed by atoms with Crippen LogP contribution in [-0.2, 0) is 17.9 Å². The van der Waals surface area contributed by atoms with Crippen LogP contribution in [0.5, 0.6) is 11.5 Å². The highest BCUT2D eigenvalue weighted by molar-refractivity contribution is 7.98. The van der Waals surface area contributed by atoms with Crippen molar-refractivity contribution in [3.8, 4) is 11.5 Å². The van der Waals surface area contributed by atoms with Gasteiger partial charge in [-0.1, -0.05) is 36.8 Å². The van der Waals surface area contributed by atoms with Gasteiger partial charge in [-0.2, -0.15) is 13.2 Å². The lowest BCUT2D eigenvalue weighted by atomic mass is 9.85. The van der Waals surface area contributed by atoms with Gasteiger partial charge in [0.15, 0.2) is 0 Å². The zero-order chi connectivity index (χ0) is 28.7. The van der Waals surface area contributed by atoms with Crippen molar-refractivity contribution in [3.05, 3.63) is 89.0 Å². The molecule has 3 aromatic rings. The van der Waals surface area contributed by atoms with Crippen molar-refractivity contribution in [2.75, 3.05) is 32.9 Å². The van der Waals surface area contributed by atoms with Crippen LogP contribution in [0.1, 0.15) is 47.4 Å². The van der Waals surface area contributed by atoms with Gasteiger partial charge in [0.2, 0.25) is 0 Å². The number of likely N-dealkylation sites (N-methyl/N-ethyl adjacent to an activating group) is 1. The summed E-state index contributed by atoms with van der Waals surface area (Å²) in [5, 5.41) is 7.12. The van der Waals surface area contributed by atoms with E-state index in [4.69, 9.17) is 14.6 Å². The molecule has 1 atom stereocenters. The number of benzene rings is 3. The summed E-state index contributed by atoms with van der Waals surface area (Å²) in [4.78, 5) is 15.2. The molecular weight excluding hydrogens is 537 g/mol. The second-order valence-electron chi connectivity index (χ2n) is 10.3. The van der Waals surface area contributed by atoms with E-state index in [1.54, 1.807) is 11.8 Å². The fourth-order valence-corrected chi connectivity index (χ4v) is 5.64. The van der Waals surface area contributed by atoms with Crippen molar-refractivity contribution in [2.45, 2.75) is 49.3 Å². The maximum Gasteiger partial charge on any atom is 0.490 e. The van der Waals surface area contributed by atoms with E-state index < -0.39 is 12.1 Å². The Morgan fingerprint density at radius 1 is 1.00 bits per heavy atom. The highest BCUT2D eigenvalue weighted by atomic mass is 32.2. The second kappa shape index (κ2) is 13.6. The van der Waals surface area contributed by atoms with Gasteiger partial charge in [-0.25, -0.2) is 4.79 Å². The van der Waals surface area contributed by atoms with Gasteiger partial charge >= 0.3 is 12.1 Å². The highest BCUT2D eigenvalue weighted by Gasteiger charge is 2.38. The van der Waals surface area contributed by atoms with E-state index in [0.29, 0.717) is 5.92 Å². The normalized spacial score (nSPS) is 17.9. The van der Waals surface area contributed by atoms with Gasteiger partial charge in [0.25, 0.3) is 0 Å². The van der Waals surface area contributed by atoms with Crippen LogP contribution in [0.25, 0.3) is 0 Å². The topological polar surface area (TPSA) is 53.0 Å². The molecule has 0 aromatic heterocycles. The molecule has 2 heterocycles. The number of fused-ring (bicyclic) bond motifs is 1. The summed E-state index contributed by atoms with van der Waals surface area (Å²) in [6.07, 6.45) is 1.06. The molecule has 214 valence electrons. The Labute approximate surface area is 237 Å². The molecule has 2 aliphatic heterocycles. The Bertz CT molecular complexity index is 1280. The standard InChI is InChI=1S/C29H34N2OS.C2HF3O2/c1-30-20-24-18-26(11-14-28(24)29(21-30)23-9-12-27(33-2)13-10-23)32-25-8-6-7-22(17-25)19-31-15-4-3-5-16-31;3-2(4,5)1(6)7/h6-14,17-18,29H,3-5,15-16,19-21H2,1-2H3;(H,6,7). The van der Waals surface area contributed by atoms with Gasteiger partial charge in [-0.05, 0) is 97.9 Å². The lowest BCUT2D eigenvalue weighted by Crippen LogP contribution is -2.30. The summed E-state index contributed by atoms with van der Waals surface area (Å²) >= 11 is 1.79. The van der Waals surface area contributed by atoms with Gasteiger partial charge in [0, 0.05) is 30.4 Å². The lowest BCUT2D eigenvalue weighted by Gasteiger charge is -2.33. The van der Waals surface area contributed by atoms with E-state index in [2.05, 4.69) is 89.8 Å². The van der Waals surface area contributed by atoms with Crippen LogP contribution < -0.4 is 4.74 Å². The number of alkyl halides is 3. The van der Waals surface area contributed by atoms with Crippen LogP contribution in [0.15, 0.2) is 71.6 Å². The summed E-state index contributed by atoms with van der Waals surface area (Å²) in [6.45, 7) is 5.45.